The number of anilines is 1. The first-order valence-electron chi connectivity index (χ1n) is 9.95. The van der Waals surface area contributed by atoms with Crippen LogP contribution in [0.15, 0.2) is 42.5 Å². The van der Waals surface area contributed by atoms with E-state index in [4.69, 9.17) is 0 Å². The Morgan fingerprint density at radius 1 is 1.11 bits per heavy atom. The summed E-state index contributed by atoms with van der Waals surface area (Å²) in [5.74, 6) is -0.460. The number of halogens is 1. The van der Waals surface area contributed by atoms with Crippen molar-refractivity contribution in [2.24, 2.45) is 5.92 Å². The van der Waals surface area contributed by atoms with E-state index in [-0.39, 0.29) is 17.5 Å². The molecule has 4 nitrogen and oxygen atoms in total. The molecule has 0 aliphatic heterocycles. The van der Waals surface area contributed by atoms with Gasteiger partial charge in [0.25, 0.3) is 11.8 Å². The Hall–Kier alpha value is -2.69. The topological polar surface area (TPSA) is 49.4 Å². The number of aryl methyl sites for hydroxylation is 1. The zero-order chi connectivity index (χ0) is 19.8. The Kier molecular flexibility index (Phi) is 4.92. The number of amides is 2. The summed E-state index contributed by atoms with van der Waals surface area (Å²) in [7, 11) is 0. The highest BCUT2D eigenvalue weighted by Gasteiger charge is 2.41. The molecule has 0 saturated heterocycles. The Morgan fingerprint density at radius 2 is 1.82 bits per heavy atom. The van der Waals surface area contributed by atoms with Crippen molar-refractivity contribution in [1.82, 2.24) is 4.90 Å². The minimum atomic E-state index is -0.567. The Bertz CT molecular complexity index is 919. The molecule has 2 aliphatic carbocycles. The summed E-state index contributed by atoms with van der Waals surface area (Å²) in [4.78, 5) is 27.7. The Morgan fingerprint density at radius 3 is 2.46 bits per heavy atom. The van der Waals surface area contributed by atoms with Gasteiger partial charge in [0.2, 0.25) is 0 Å². The molecule has 0 heterocycles. The molecule has 2 amide bonds. The number of hydrogen-bond acceptors (Lipinski definition) is 2. The summed E-state index contributed by atoms with van der Waals surface area (Å²) < 4.78 is 13.9. The van der Waals surface area contributed by atoms with Crippen molar-refractivity contribution >= 4 is 17.5 Å². The first-order valence-corrected chi connectivity index (χ1v) is 9.95. The van der Waals surface area contributed by atoms with Gasteiger partial charge < -0.3 is 10.2 Å². The number of benzene rings is 2. The second-order valence-electron chi connectivity index (χ2n) is 7.99. The lowest BCUT2D eigenvalue weighted by atomic mass is 10.1. The summed E-state index contributed by atoms with van der Waals surface area (Å²) in [6, 6.07) is 11.8. The van der Waals surface area contributed by atoms with Gasteiger partial charge in [0, 0.05) is 23.3 Å². The number of hydrogen-bond donors (Lipinski definition) is 1. The van der Waals surface area contributed by atoms with Crippen LogP contribution in [0.1, 0.15) is 58.9 Å². The Labute approximate surface area is 164 Å². The van der Waals surface area contributed by atoms with Gasteiger partial charge >= 0.3 is 0 Å². The van der Waals surface area contributed by atoms with E-state index in [1.807, 2.05) is 24.0 Å². The molecule has 0 bridgehead atoms. The first kappa shape index (κ1) is 18.7. The fourth-order valence-corrected chi connectivity index (χ4v) is 3.72. The number of carbonyl (C=O) groups is 2. The fourth-order valence-electron chi connectivity index (χ4n) is 3.72. The van der Waals surface area contributed by atoms with Crippen LogP contribution in [0.2, 0.25) is 0 Å². The molecule has 0 spiro atoms. The maximum absolute atomic E-state index is 13.9. The van der Waals surface area contributed by atoms with E-state index in [9.17, 15) is 14.0 Å². The van der Waals surface area contributed by atoms with E-state index in [1.54, 1.807) is 18.2 Å². The van der Waals surface area contributed by atoms with E-state index in [2.05, 4.69) is 12.2 Å². The molecule has 4 rings (SSSR count). The van der Waals surface area contributed by atoms with Crippen LogP contribution < -0.4 is 5.32 Å². The standard InChI is InChI=1S/C23H25FN2O2/c1-14-7-8-17(23(28)26(18-11-12-18)15(2)16-9-10-16)13-21(14)25-22(27)19-5-3-4-6-20(19)24/h3-8,13,15-16,18H,9-12H2,1-2H3,(H,25,27)/t15-/m1/s1. The molecule has 2 fully saturated rings. The first-order chi connectivity index (χ1) is 13.5. The second-order valence-corrected chi connectivity index (χ2v) is 7.99. The van der Waals surface area contributed by atoms with Crippen molar-refractivity contribution in [3.63, 3.8) is 0 Å². The zero-order valence-corrected chi connectivity index (χ0v) is 16.2. The van der Waals surface area contributed by atoms with E-state index in [1.165, 1.54) is 25.0 Å². The molecule has 1 atom stereocenters. The van der Waals surface area contributed by atoms with Gasteiger partial charge in [0.1, 0.15) is 5.82 Å². The van der Waals surface area contributed by atoms with E-state index < -0.39 is 11.7 Å². The number of nitrogens with zero attached hydrogens (tertiary/aromatic N) is 1. The number of nitrogens with one attached hydrogen (secondary N) is 1. The third-order valence-corrected chi connectivity index (χ3v) is 5.77. The van der Waals surface area contributed by atoms with Crippen molar-refractivity contribution in [3.8, 4) is 0 Å². The summed E-state index contributed by atoms with van der Waals surface area (Å²) >= 11 is 0. The smallest absolute Gasteiger partial charge is 0.258 e. The normalized spacial score (nSPS) is 17.1. The quantitative estimate of drug-likeness (QED) is 0.783. The average Bonchev–Trinajstić information content (AvgIpc) is 3.56. The lowest BCUT2D eigenvalue weighted by Gasteiger charge is -2.30. The molecule has 2 aromatic carbocycles. The largest absolute Gasteiger partial charge is 0.333 e. The predicted molar refractivity (Wildman–Crippen MR) is 107 cm³/mol. The maximum Gasteiger partial charge on any atom is 0.258 e. The minimum Gasteiger partial charge on any atom is -0.333 e. The molecule has 5 heteroatoms. The monoisotopic (exact) mass is 380 g/mol. The molecule has 2 aliphatic rings. The van der Waals surface area contributed by atoms with Gasteiger partial charge in [-0.15, -0.1) is 0 Å². The van der Waals surface area contributed by atoms with Crippen LogP contribution in [-0.2, 0) is 0 Å². The van der Waals surface area contributed by atoms with E-state index in [0.29, 0.717) is 23.2 Å². The summed E-state index contributed by atoms with van der Waals surface area (Å²) in [6.07, 6.45) is 4.50. The van der Waals surface area contributed by atoms with Crippen molar-refractivity contribution in [3.05, 3.63) is 65.0 Å². The van der Waals surface area contributed by atoms with Crippen LogP contribution in [0.25, 0.3) is 0 Å². The molecule has 0 radical (unpaired) electrons. The van der Waals surface area contributed by atoms with Crippen molar-refractivity contribution < 1.29 is 14.0 Å². The highest BCUT2D eigenvalue weighted by molar-refractivity contribution is 6.05. The van der Waals surface area contributed by atoms with E-state index in [0.717, 1.165) is 18.4 Å². The van der Waals surface area contributed by atoms with Crippen LogP contribution in [0.4, 0.5) is 10.1 Å². The maximum atomic E-state index is 13.9. The molecule has 28 heavy (non-hydrogen) atoms. The predicted octanol–water partition coefficient (Wildman–Crippen LogP) is 4.79. The fraction of sp³-hybridized carbons (Fsp3) is 0.391. The third kappa shape index (κ3) is 3.79. The van der Waals surface area contributed by atoms with Crippen LogP contribution >= 0.6 is 0 Å². The van der Waals surface area contributed by atoms with Gasteiger partial charge in [-0.05, 0) is 75.3 Å². The van der Waals surface area contributed by atoms with Crippen LogP contribution in [-0.4, -0.2) is 28.8 Å². The summed E-state index contributed by atoms with van der Waals surface area (Å²) in [5.41, 5.74) is 1.91. The molecule has 2 aromatic rings. The van der Waals surface area contributed by atoms with Crippen molar-refractivity contribution in [1.29, 1.82) is 0 Å². The van der Waals surface area contributed by atoms with Gasteiger partial charge in [-0.2, -0.15) is 0 Å². The molecular weight excluding hydrogens is 355 g/mol. The van der Waals surface area contributed by atoms with Gasteiger partial charge in [-0.25, -0.2) is 4.39 Å². The minimum absolute atomic E-state index is 0.0133. The molecule has 0 unspecified atom stereocenters. The van der Waals surface area contributed by atoms with Crippen LogP contribution in [0.3, 0.4) is 0 Å². The van der Waals surface area contributed by atoms with Gasteiger partial charge in [0.15, 0.2) is 0 Å². The van der Waals surface area contributed by atoms with Crippen molar-refractivity contribution in [2.75, 3.05) is 5.32 Å². The highest BCUT2D eigenvalue weighted by Crippen LogP contribution is 2.40. The van der Waals surface area contributed by atoms with Crippen LogP contribution in [0, 0.1) is 18.7 Å². The number of carbonyl (C=O) groups excluding carboxylic acids is 2. The molecule has 1 N–H and O–H groups in total. The summed E-state index contributed by atoms with van der Waals surface area (Å²) in [5, 5.41) is 2.76. The summed E-state index contributed by atoms with van der Waals surface area (Å²) in [6.45, 7) is 4.00. The zero-order valence-electron chi connectivity index (χ0n) is 16.2. The SMILES string of the molecule is Cc1ccc(C(=O)N(C2CC2)[C@H](C)C2CC2)cc1NC(=O)c1ccccc1F. The van der Waals surface area contributed by atoms with Crippen LogP contribution in [0.5, 0.6) is 0 Å². The van der Waals surface area contributed by atoms with Gasteiger partial charge in [-0.1, -0.05) is 18.2 Å². The molecule has 0 aromatic heterocycles. The second kappa shape index (κ2) is 7.38. The molecule has 2 saturated carbocycles. The van der Waals surface area contributed by atoms with Crippen molar-refractivity contribution in [2.45, 2.75) is 51.6 Å². The van der Waals surface area contributed by atoms with Gasteiger partial charge in [0.05, 0.1) is 5.56 Å². The lowest BCUT2D eigenvalue weighted by Crippen LogP contribution is -2.41. The highest BCUT2D eigenvalue weighted by atomic mass is 19.1. The average molecular weight is 380 g/mol. The van der Waals surface area contributed by atoms with Gasteiger partial charge in [-0.3, -0.25) is 9.59 Å². The molecule has 146 valence electrons. The Balaban J connectivity index is 1.57. The molecular formula is C23H25FN2O2. The lowest BCUT2D eigenvalue weighted by molar-refractivity contribution is 0.0654. The number of rotatable bonds is 6. The third-order valence-electron chi connectivity index (χ3n) is 5.77. The van der Waals surface area contributed by atoms with E-state index >= 15 is 0 Å².